The highest BCUT2D eigenvalue weighted by molar-refractivity contribution is 7.89. The highest BCUT2D eigenvalue weighted by Crippen LogP contribution is 2.31. The van der Waals surface area contributed by atoms with Crippen molar-refractivity contribution in [2.75, 3.05) is 13.6 Å². The first kappa shape index (κ1) is 11.9. The number of sulfonamides is 1. The average molecular weight is 264 g/mol. The van der Waals surface area contributed by atoms with Crippen molar-refractivity contribution in [1.29, 1.82) is 0 Å². The Morgan fingerprint density at radius 3 is 2.88 bits per heavy atom. The molecule has 0 bridgehead atoms. The Balaban J connectivity index is 2.23. The molecule has 0 radical (unpaired) electrons. The number of aromatic nitrogens is 2. The Bertz CT molecular complexity index is 467. The fraction of sp³-hybridized carbons (Fsp3) is 0.667. The van der Waals surface area contributed by atoms with E-state index in [2.05, 4.69) is 10.2 Å². The predicted molar refractivity (Wildman–Crippen MR) is 60.7 cm³/mol. The molecule has 0 unspecified atom stereocenters. The molecule has 16 heavy (non-hydrogen) atoms. The van der Waals surface area contributed by atoms with Crippen molar-refractivity contribution in [3.8, 4) is 0 Å². The van der Waals surface area contributed by atoms with Crippen LogP contribution >= 0.6 is 11.6 Å². The summed E-state index contributed by atoms with van der Waals surface area (Å²) in [6.07, 6.45) is 3.68. The van der Waals surface area contributed by atoms with Gasteiger partial charge < -0.3 is 0 Å². The molecule has 1 aromatic heterocycles. The average Bonchev–Trinajstić information content (AvgIpc) is 2.92. The van der Waals surface area contributed by atoms with Crippen molar-refractivity contribution in [3.05, 3.63) is 11.8 Å². The summed E-state index contributed by atoms with van der Waals surface area (Å²) in [4.78, 5) is 0. The second kappa shape index (κ2) is 4.35. The minimum Gasteiger partial charge on any atom is -0.266 e. The molecule has 5 nitrogen and oxygen atoms in total. The van der Waals surface area contributed by atoms with E-state index in [1.165, 1.54) is 10.5 Å². The van der Waals surface area contributed by atoms with Crippen LogP contribution in [0.1, 0.15) is 18.4 Å². The molecule has 0 atom stereocenters. The van der Waals surface area contributed by atoms with Crippen LogP contribution in [0.4, 0.5) is 0 Å². The highest BCUT2D eigenvalue weighted by atomic mass is 35.5. The molecule has 1 saturated carbocycles. The number of hydrogen-bond acceptors (Lipinski definition) is 3. The molecule has 0 amide bonds. The van der Waals surface area contributed by atoms with Gasteiger partial charge in [0.15, 0.2) is 5.03 Å². The number of aromatic amines is 1. The van der Waals surface area contributed by atoms with E-state index in [1.54, 1.807) is 7.05 Å². The molecule has 1 aliphatic rings. The standard InChI is InChI=1S/C9H14ClN3O2S/c1-13(6-7-2-3-7)16(14,15)9-8(4-10)5-11-12-9/h5,7H,2-4,6H2,1H3,(H,11,12). The normalized spacial score (nSPS) is 16.9. The van der Waals surface area contributed by atoms with E-state index in [0.717, 1.165) is 12.8 Å². The monoisotopic (exact) mass is 263 g/mol. The van der Waals surface area contributed by atoms with Gasteiger partial charge in [-0.3, -0.25) is 5.10 Å². The van der Waals surface area contributed by atoms with Crippen molar-refractivity contribution >= 4 is 21.6 Å². The van der Waals surface area contributed by atoms with Crippen molar-refractivity contribution in [2.24, 2.45) is 5.92 Å². The lowest BCUT2D eigenvalue weighted by molar-refractivity contribution is 0.450. The van der Waals surface area contributed by atoms with Crippen LogP contribution in [0.5, 0.6) is 0 Å². The SMILES string of the molecule is CN(CC1CC1)S(=O)(=O)c1[nH]ncc1CCl. The predicted octanol–water partition coefficient (Wildman–Crippen LogP) is 1.18. The lowest BCUT2D eigenvalue weighted by atomic mass is 10.4. The number of nitrogens with zero attached hydrogens (tertiary/aromatic N) is 2. The second-order valence-electron chi connectivity index (χ2n) is 4.09. The van der Waals surface area contributed by atoms with Crippen LogP contribution in [0.2, 0.25) is 0 Å². The summed E-state index contributed by atoms with van der Waals surface area (Å²) >= 11 is 5.66. The summed E-state index contributed by atoms with van der Waals surface area (Å²) in [6, 6.07) is 0. The quantitative estimate of drug-likeness (QED) is 0.812. The minimum absolute atomic E-state index is 0.116. The Hall–Kier alpha value is -0.590. The first-order chi connectivity index (χ1) is 7.55. The van der Waals surface area contributed by atoms with Gasteiger partial charge in [0, 0.05) is 19.2 Å². The van der Waals surface area contributed by atoms with Crippen LogP contribution in [0.15, 0.2) is 11.2 Å². The lowest BCUT2D eigenvalue weighted by Crippen LogP contribution is -2.29. The van der Waals surface area contributed by atoms with Crippen LogP contribution in [0.3, 0.4) is 0 Å². The molecule has 0 saturated heterocycles. The summed E-state index contributed by atoms with van der Waals surface area (Å²) in [5, 5.41) is 6.34. The highest BCUT2D eigenvalue weighted by Gasteiger charge is 2.31. The van der Waals surface area contributed by atoms with Crippen LogP contribution in [-0.4, -0.2) is 36.5 Å². The Morgan fingerprint density at radius 1 is 1.62 bits per heavy atom. The molecule has 1 heterocycles. The van der Waals surface area contributed by atoms with Crippen molar-refractivity contribution in [2.45, 2.75) is 23.7 Å². The number of alkyl halides is 1. The maximum Gasteiger partial charge on any atom is 0.260 e. The van der Waals surface area contributed by atoms with Gasteiger partial charge in [0.2, 0.25) is 0 Å². The smallest absolute Gasteiger partial charge is 0.260 e. The Labute approximate surface area is 99.8 Å². The fourth-order valence-corrected chi connectivity index (χ4v) is 3.16. The fourth-order valence-electron chi connectivity index (χ4n) is 1.54. The Kier molecular flexibility index (Phi) is 3.23. The van der Waals surface area contributed by atoms with Crippen LogP contribution in [0, 0.1) is 5.92 Å². The van der Waals surface area contributed by atoms with E-state index >= 15 is 0 Å². The van der Waals surface area contributed by atoms with Crippen molar-refractivity contribution in [1.82, 2.24) is 14.5 Å². The van der Waals surface area contributed by atoms with Gasteiger partial charge in [-0.05, 0) is 18.8 Å². The maximum atomic E-state index is 12.1. The summed E-state index contributed by atoms with van der Waals surface area (Å²) in [7, 11) is -1.87. The van der Waals surface area contributed by atoms with E-state index in [-0.39, 0.29) is 10.9 Å². The van der Waals surface area contributed by atoms with Gasteiger partial charge in [0.05, 0.1) is 12.1 Å². The molecule has 0 spiro atoms. The molecule has 1 aromatic rings. The van der Waals surface area contributed by atoms with Crippen molar-refractivity contribution < 1.29 is 8.42 Å². The van der Waals surface area contributed by atoms with Crippen LogP contribution < -0.4 is 0 Å². The number of nitrogens with one attached hydrogen (secondary N) is 1. The van der Waals surface area contributed by atoms with Crippen LogP contribution in [-0.2, 0) is 15.9 Å². The van der Waals surface area contributed by atoms with Gasteiger partial charge in [0.25, 0.3) is 10.0 Å². The first-order valence-electron chi connectivity index (χ1n) is 5.10. The zero-order chi connectivity index (χ0) is 11.8. The summed E-state index contributed by atoms with van der Waals surface area (Å²) in [6.45, 7) is 0.572. The van der Waals surface area contributed by atoms with Gasteiger partial charge in [-0.1, -0.05) is 0 Å². The Morgan fingerprint density at radius 2 is 2.31 bits per heavy atom. The van der Waals surface area contributed by atoms with E-state index in [9.17, 15) is 8.42 Å². The van der Waals surface area contributed by atoms with Gasteiger partial charge in [-0.25, -0.2) is 8.42 Å². The molecule has 0 aliphatic heterocycles. The number of hydrogen-bond donors (Lipinski definition) is 1. The summed E-state index contributed by atoms with van der Waals surface area (Å²) in [5.41, 5.74) is 0.518. The number of rotatable bonds is 5. The topological polar surface area (TPSA) is 66.1 Å². The third-order valence-corrected chi connectivity index (χ3v) is 4.83. The van der Waals surface area contributed by atoms with E-state index in [1.807, 2.05) is 0 Å². The van der Waals surface area contributed by atoms with Crippen molar-refractivity contribution in [3.63, 3.8) is 0 Å². The van der Waals surface area contributed by atoms with E-state index in [0.29, 0.717) is 18.0 Å². The maximum absolute atomic E-state index is 12.1. The molecular weight excluding hydrogens is 250 g/mol. The number of H-pyrrole nitrogens is 1. The third-order valence-electron chi connectivity index (χ3n) is 2.70. The first-order valence-corrected chi connectivity index (χ1v) is 7.07. The zero-order valence-electron chi connectivity index (χ0n) is 8.98. The van der Waals surface area contributed by atoms with Gasteiger partial charge in [0.1, 0.15) is 0 Å². The lowest BCUT2D eigenvalue weighted by Gasteiger charge is -2.16. The van der Waals surface area contributed by atoms with E-state index in [4.69, 9.17) is 11.6 Å². The molecule has 1 fully saturated rings. The number of halogens is 1. The summed E-state index contributed by atoms with van der Waals surface area (Å²) < 4.78 is 25.6. The molecule has 0 aromatic carbocycles. The zero-order valence-corrected chi connectivity index (χ0v) is 10.6. The largest absolute Gasteiger partial charge is 0.266 e. The molecule has 1 N–H and O–H groups in total. The van der Waals surface area contributed by atoms with Crippen LogP contribution in [0.25, 0.3) is 0 Å². The second-order valence-corrected chi connectivity index (χ2v) is 6.34. The molecule has 90 valence electrons. The van der Waals surface area contributed by atoms with Gasteiger partial charge in [-0.2, -0.15) is 9.40 Å². The van der Waals surface area contributed by atoms with Gasteiger partial charge in [-0.15, -0.1) is 11.6 Å². The van der Waals surface area contributed by atoms with Gasteiger partial charge >= 0.3 is 0 Å². The molecule has 2 rings (SSSR count). The minimum atomic E-state index is -3.46. The van der Waals surface area contributed by atoms with E-state index < -0.39 is 10.0 Å². The molecule has 7 heteroatoms. The summed E-state index contributed by atoms with van der Waals surface area (Å²) in [5.74, 6) is 0.657. The molecular formula is C9H14ClN3O2S. The molecule has 1 aliphatic carbocycles. The third kappa shape index (κ3) is 2.23.